The molecule has 1 amide bonds. The Morgan fingerprint density at radius 2 is 1.70 bits per heavy atom. The fourth-order valence-electron chi connectivity index (χ4n) is 2.99. The van der Waals surface area contributed by atoms with Crippen LogP contribution in [0.15, 0.2) is 91.4 Å². The lowest BCUT2D eigenvalue weighted by Crippen LogP contribution is -2.22. The van der Waals surface area contributed by atoms with E-state index >= 15 is 0 Å². The first-order chi connectivity index (χ1) is 14.8. The van der Waals surface area contributed by atoms with Crippen LogP contribution in [0.1, 0.15) is 27.0 Å². The summed E-state index contributed by atoms with van der Waals surface area (Å²) < 4.78 is 7.58. The van der Waals surface area contributed by atoms with Crippen LogP contribution in [0.5, 0.6) is 5.88 Å². The van der Waals surface area contributed by atoms with Crippen molar-refractivity contribution in [2.24, 2.45) is 0 Å². The molecule has 0 fully saturated rings. The van der Waals surface area contributed by atoms with Gasteiger partial charge in [-0.3, -0.25) is 9.48 Å². The number of nitrogens with zero attached hydrogens (tertiary/aromatic N) is 3. The summed E-state index contributed by atoms with van der Waals surface area (Å²) in [4.78, 5) is 16.7. The van der Waals surface area contributed by atoms with Gasteiger partial charge in [-0.1, -0.05) is 54.6 Å². The van der Waals surface area contributed by atoms with Crippen molar-refractivity contribution in [2.75, 3.05) is 0 Å². The molecule has 4 rings (SSSR count). The Kier molecular flexibility index (Phi) is 6.15. The van der Waals surface area contributed by atoms with Gasteiger partial charge in [-0.25, -0.2) is 4.98 Å². The predicted molar refractivity (Wildman–Crippen MR) is 114 cm³/mol. The molecule has 6 heteroatoms. The van der Waals surface area contributed by atoms with Gasteiger partial charge in [0.15, 0.2) is 0 Å². The fourth-order valence-corrected chi connectivity index (χ4v) is 2.99. The van der Waals surface area contributed by atoms with Crippen LogP contribution in [0.4, 0.5) is 0 Å². The van der Waals surface area contributed by atoms with Gasteiger partial charge < -0.3 is 10.1 Å². The number of ether oxygens (including phenoxy) is 1. The predicted octanol–water partition coefficient (Wildman–Crippen LogP) is 3.84. The molecule has 0 saturated heterocycles. The van der Waals surface area contributed by atoms with Gasteiger partial charge in [0.05, 0.1) is 6.54 Å². The Bertz CT molecular complexity index is 1080. The monoisotopic (exact) mass is 398 g/mol. The molecule has 0 saturated carbocycles. The molecule has 2 aromatic heterocycles. The number of aromatic nitrogens is 3. The fraction of sp³-hybridized carbons (Fsp3) is 0.125. The maximum atomic E-state index is 12.5. The molecular formula is C24H22N4O2. The summed E-state index contributed by atoms with van der Waals surface area (Å²) >= 11 is 0. The number of rotatable bonds is 8. The lowest BCUT2D eigenvalue weighted by molar-refractivity contribution is 0.0950. The smallest absolute Gasteiger partial charge is 0.251 e. The van der Waals surface area contributed by atoms with E-state index in [9.17, 15) is 4.79 Å². The number of hydrogen-bond acceptors (Lipinski definition) is 4. The summed E-state index contributed by atoms with van der Waals surface area (Å²) in [7, 11) is 0. The van der Waals surface area contributed by atoms with Crippen molar-refractivity contribution >= 4 is 5.91 Å². The highest BCUT2D eigenvalue weighted by Crippen LogP contribution is 2.12. The molecule has 150 valence electrons. The molecule has 0 aliphatic rings. The molecule has 0 spiro atoms. The molecule has 0 bridgehead atoms. The number of carbonyl (C=O) groups is 1. The van der Waals surface area contributed by atoms with Crippen molar-refractivity contribution in [2.45, 2.75) is 19.7 Å². The Hall–Kier alpha value is -3.93. The third-order valence-electron chi connectivity index (χ3n) is 4.61. The molecule has 2 heterocycles. The van der Waals surface area contributed by atoms with Gasteiger partial charge in [-0.05, 0) is 28.8 Å². The molecule has 0 radical (unpaired) electrons. The Labute approximate surface area is 175 Å². The number of amides is 1. The van der Waals surface area contributed by atoms with Gasteiger partial charge >= 0.3 is 0 Å². The molecule has 0 aliphatic carbocycles. The van der Waals surface area contributed by atoms with E-state index in [0.29, 0.717) is 24.6 Å². The largest absolute Gasteiger partial charge is 0.473 e. The zero-order chi connectivity index (χ0) is 20.6. The van der Waals surface area contributed by atoms with E-state index in [-0.39, 0.29) is 5.91 Å². The lowest BCUT2D eigenvalue weighted by Gasteiger charge is -2.09. The van der Waals surface area contributed by atoms with Gasteiger partial charge in [0.2, 0.25) is 5.88 Å². The highest BCUT2D eigenvalue weighted by molar-refractivity contribution is 5.94. The van der Waals surface area contributed by atoms with Crippen LogP contribution < -0.4 is 10.1 Å². The van der Waals surface area contributed by atoms with Crippen LogP contribution in [0.3, 0.4) is 0 Å². The van der Waals surface area contributed by atoms with Crippen LogP contribution in [0.2, 0.25) is 0 Å². The Morgan fingerprint density at radius 3 is 2.47 bits per heavy atom. The van der Waals surface area contributed by atoms with Crippen molar-refractivity contribution < 1.29 is 9.53 Å². The van der Waals surface area contributed by atoms with Crippen LogP contribution in [-0.2, 0) is 19.7 Å². The number of hydrogen-bond donors (Lipinski definition) is 1. The SMILES string of the molecule is O=C(NCc1ccc(Cn2cccn2)cc1)c1ccnc(OCc2ccccc2)c1. The molecule has 0 aliphatic heterocycles. The second kappa shape index (κ2) is 9.52. The second-order valence-electron chi connectivity index (χ2n) is 6.86. The Morgan fingerprint density at radius 1 is 0.900 bits per heavy atom. The lowest BCUT2D eigenvalue weighted by atomic mass is 10.1. The van der Waals surface area contributed by atoms with E-state index in [2.05, 4.69) is 15.4 Å². The molecule has 4 aromatic rings. The number of carbonyl (C=O) groups excluding carboxylic acids is 1. The molecule has 2 aromatic carbocycles. The number of benzene rings is 2. The maximum absolute atomic E-state index is 12.5. The van der Waals surface area contributed by atoms with Gasteiger partial charge in [-0.15, -0.1) is 0 Å². The standard InChI is InChI=1S/C24H22N4O2/c29-24(22-11-13-25-23(15-22)30-18-21-5-2-1-3-6-21)26-16-19-7-9-20(10-8-19)17-28-14-4-12-27-28/h1-15H,16-18H2,(H,26,29). The third kappa shape index (κ3) is 5.32. The molecule has 30 heavy (non-hydrogen) atoms. The Balaban J connectivity index is 1.30. The van der Waals surface area contributed by atoms with Gasteiger partial charge in [0.1, 0.15) is 6.61 Å². The molecular weight excluding hydrogens is 376 g/mol. The van der Waals surface area contributed by atoms with Gasteiger partial charge in [-0.2, -0.15) is 5.10 Å². The summed E-state index contributed by atoms with van der Waals surface area (Å²) in [5.41, 5.74) is 3.75. The molecule has 0 unspecified atom stereocenters. The van der Waals surface area contributed by atoms with Crippen molar-refractivity contribution in [1.82, 2.24) is 20.1 Å². The molecule has 0 atom stereocenters. The summed E-state index contributed by atoms with van der Waals surface area (Å²) in [6.45, 7) is 1.58. The zero-order valence-electron chi connectivity index (χ0n) is 16.4. The van der Waals surface area contributed by atoms with E-state index in [1.807, 2.05) is 71.5 Å². The molecule has 6 nitrogen and oxygen atoms in total. The first-order valence-electron chi connectivity index (χ1n) is 9.72. The van der Waals surface area contributed by atoms with Gasteiger partial charge in [0, 0.05) is 36.8 Å². The third-order valence-corrected chi connectivity index (χ3v) is 4.61. The first-order valence-corrected chi connectivity index (χ1v) is 9.72. The average molecular weight is 398 g/mol. The van der Waals surface area contributed by atoms with E-state index in [4.69, 9.17) is 4.74 Å². The van der Waals surface area contributed by atoms with Crippen molar-refractivity contribution in [1.29, 1.82) is 0 Å². The zero-order valence-corrected chi connectivity index (χ0v) is 16.4. The minimum absolute atomic E-state index is 0.164. The summed E-state index contributed by atoms with van der Waals surface area (Å²) in [6.07, 6.45) is 5.28. The van der Waals surface area contributed by atoms with Crippen LogP contribution >= 0.6 is 0 Å². The van der Waals surface area contributed by atoms with Crippen LogP contribution in [-0.4, -0.2) is 20.7 Å². The van der Waals surface area contributed by atoms with E-state index < -0.39 is 0 Å². The van der Waals surface area contributed by atoms with Crippen LogP contribution in [0.25, 0.3) is 0 Å². The quantitative estimate of drug-likeness (QED) is 0.490. The highest BCUT2D eigenvalue weighted by Gasteiger charge is 2.08. The maximum Gasteiger partial charge on any atom is 0.251 e. The summed E-state index contributed by atoms with van der Waals surface area (Å²) in [5.74, 6) is 0.261. The number of nitrogens with one attached hydrogen (secondary N) is 1. The number of pyridine rings is 1. The normalized spacial score (nSPS) is 10.5. The minimum atomic E-state index is -0.164. The van der Waals surface area contributed by atoms with Crippen molar-refractivity contribution in [3.8, 4) is 5.88 Å². The van der Waals surface area contributed by atoms with Crippen molar-refractivity contribution in [3.63, 3.8) is 0 Å². The van der Waals surface area contributed by atoms with E-state index in [0.717, 1.165) is 23.2 Å². The minimum Gasteiger partial charge on any atom is -0.473 e. The van der Waals surface area contributed by atoms with E-state index in [1.54, 1.807) is 24.5 Å². The average Bonchev–Trinajstić information content (AvgIpc) is 3.31. The van der Waals surface area contributed by atoms with E-state index in [1.165, 1.54) is 0 Å². The van der Waals surface area contributed by atoms with Gasteiger partial charge in [0.25, 0.3) is 5.91 Å². The van der Waals surface area contributed by atoms with Crippen molar-refractivity contribution in [3.05, 3.63) is 114 Å². The summed E-state index contributed by atoms with van der Waals surface area (Å²) in [6, 6.07) is 23.2. The molecule has 1 N–H and O–H groups in total. The summed E-state index contributed by atoms with van der Waals surface area (Å²) in [5, 5.41) is 7.15. The van der Waals surface area contributed by atoms with Crippen LogP contribution in [0, 0.1) is 0 Å². The second-order valence-corrected chi connectivity index (χ2v) is 6.86. The topological polar surface area (TPSA) is 69.0 Å². The first kappa shape index (κ1) is 19.4. The highest BCUT2D eigenvalue weighted by atomic mass is 16.5.